The van der Waals surface area contributed by atoms with Gasteiger partial charge in [0.2, 0.25) is 15.2 Å². The minimum atomic E-state index is -3.82. The topological polar surface area (TPSA) is 117 Å². The molecule has 0 spiro atoms. The van der Waals surface area contributed by atoms with E-state index in [1.165, 1.54) is 35.6 Å². The zero-order valence-electron chi connectivity index (χ0n) is 19.6. The molecule has 37 heavy (non-hydrogen) atoms. The molecule has 2 aromatic heterocycles. The molecule has 192 valence electrons. The Morgan fingerprint density at radius 3 is 2.59 bits per heavy atom. The van der Waals surface area contributed by atoms with Gasteiger partial charge in [-0.15, -0.1) is 11.3 Å². The largest absolute Gasteiger partial charge is 0.461 e. The molecule has 0 radical (unpaired) electrons. The highest BCUT2D eigenvalue weighted by Gasteiger charge is 2.34. The molecule has 2 N–H and O–H groups in total. The number of rotatable bonds is 8. The number of hydrogen-bond donors (Lipinski definition) is 1. The van der Waals surface area contributed by atoms with E-state index in [0.717, 1.165) is 29.7 Å². The van der Waals surface area contributed by atoms with Crippen molar-refractivity contribution in [2.75, 3.05) is 6.61 Å². The molecule has 2 heterocycles. The van der Waals surface area contributed by atoms with Gasteiger partial charge in [0.25, 0.3) is 0 Å². The second kappa shape index (κ2) is 9.97. The third kappa shape index (κ3) is 5.30. The number of esters is 1. The molecule has 4 aromatic rings. The molecule has 5 rings (SSSR count). The van der Waals surface area contributed by atoms with E-state index >= 15 is 0 Å². The normalized spacial score (nSPS) is 13.6. The Morgan fingerprint density at radius 1 is 1.24 bits per heavy atom. The van der Waals surface area contributed by atoms with Crippen LogP contribution < -0.4 is 5.14 Å². The monoisotopic (exact) mass is 560 g/mol. The van der Waals surface area contributed by atoms with Crippen LogP contribution in [0.2, 0.25) is 5.02 Å². The molecule has 0 amide bonds. The summed E-state index contributed by atoms with van der Waals surface area (Å²) in [6, 6.07) is 10.8. The number of halogens is 2. The zero-order valence-corrected chi connectivity index (χ0v) is 22.0. The van der Waals surface area contributed by atoms with Crippen LogP contribution in [0.4, 0.5) is 4.39 Å². The first-order valence-corrected chi connectivity index (χ1v) is 14.3. The number of nitrogens with two attached hydrogens (primary N) is 1. The van der Waals surface area contributed by atoms with Gasteiger partial charge >= 0.3 is 5.97 Å². The summed E-state index contributed by atoms with van der Waals surface area (Å²) in [5, 5.41) is 12.2. The molecule has 1 fully saturated rings. The fraction of sp³-hybridized carbons (Fsp3) is 0.240. The number of primary sulfonamides is 1. The van der Waals surface area contributed by atoms with Crippen LogP contribution in [0, 0.1) is 5.82 Å². The van der Waals surface area contributed by atoms with E-state index in [9.17, 15) is 17.6 Å². The lowest BCUT2D eigenvalue weighted by Gasteiger charge is -2.09. The van der Waals surface area contributed by atoms with Gasteiger partial charge in [-0.25, -0.2) is 32.4 Å². The van der Waals surface area contributed by atoms with Gasteiger partial charge in [0.15, 0.2) is 5.69 Å². The highest BCUT2D eigenvalue weighted by Crippen LogP contribution is 2.46. The molecular weight excluding hydrogens is 539 g/mol. The number of ether oxygens (including phenoxy) is 1. The molecule has 1 aliphatic rings. The zero-order chi connectivity index (χ0) is 26.3. The quantitative estimate of drug-likeness (QED) is 0.300. The predicted molar refractivity (Wildman–Crippen MR) is 138 cm³/mol. The summed E-state index contributed by atoms with van der Waals surface area (Å²) in [6.07, 6.45) is 2.35. The van der Waals surface area contributed by atoms with E-state index in [4.69, 9.17) is 26.6 Å². The summed E-state index contributed by atoms with van der Waals surface area (Å²) < 4.78 is 44.1. The number of nitrogens with zero attached hydrogens (tertiary/aromatic N) is 3. The number of carbonyl (C=O) groups is 1. The minimum Gasteiger partial charge on any atom is -0.461 e. The second-order valence-corrected chi connectivity index (χ2v) is 11.4. The Morgan fingerprint density at radius 2 is 1.97 bits per heavy atom. The van der Waals surface area contributed by atoms with Gasteiger partial charge in [-0.1, -0.05) is 23.7 Å². The Bertz CT molecular complexity index is 1600. The first-order valence-electron chi connectivity index (χ1n) is 11.5. The van der Waals surface area contributed by atoms with Gasteiger partial charge in [0, 0.05) is 28.8 Å². The lowest BCUT2D eigenvalue weighted by Crippen LogP contribution is -2.11. The van der Waals surface area contributed by atoms with Crippen molar-refractivity contribution < 1.29 is 22.3 Å². The Kier molecular flexibility index (Phi) is 6.88. The van der Waals surface area contributed by atoms with Gasteiger partial charge < -0.3 is 4.74 Å². The number of carbonyl (C=O) groups excluding carboxylic acids is 1. The summed E-state index contributed by atoms with van der Waals surface area (Å²) in [5.41, 5.74) is 4.11. The summed E-state index contributed by atoms with van der Waals surface area (Å²) >= 11 is 7.37. The number of benzene rings is 2. The molecule has 12 heteroatoms. The van der Waals surface area contributed by atoms with E-state index in [2.05, 4.69) is 4.98 Å². The highest BCUT2D eigenvalue weighted by atomic mass is 35.5. The van der Waals surface area contributed by atoms with Crippen LogP contribution in [0.5, 0.6) is 0 Å². The summed E-state index contributed by atoms with van der Waals surface area (Å²) in [5.74, 6) is -0.817. The van der Waals surface area contributed by atoms with Gasteiger partial charge in [-0.2, -0.15) is 5.10 Å². The van der Waals surface area contributed by atoms with Crippen molar-refractivity contribution in [3.63, 3.8) is 0 Å². The van der Waals surface area contributed by atoms with Crippen LogP contribution in [0.25, 0.3) is 16.4 Å². The van der Waals surface area contributed by atoms with Crippen LogP contribution in [0.3, 0.4) is 0 Å². The molecule has 0 saturated heterocycles. The van der Waals surface area contributed by atoms with Crippen LogP contribution in [-0.4, -0.2) is 35.8 Å². The standard InChI is InChI=1S/C25H22ClFN4O4S2/c1-2-35-24(32)21-13-36-25(29-21)31-23(15-5-6-15)18(11-14-3-8-17(9-4-14)37(28,33)34)22(30-31)16-7-10-20(27)19(26)12-16/h3-4,7-10,12-13,15H,2,5-6,11H2,1H3,(H2,28,33,34). The number of sulfonamides is 1. The maximum absolute atomic E-state index is 14.0. The van der Waals surface area contributed by atoms with E-state index in [0.29, 0.717) is 22.8 Å². The van der Waals surface area contributed by atoms with Crippen LogP contribution in [0.1, 0.15) is 53.0 Å². The number of thiazole rings is 1. The van der Waals surface area contributed by atoms with Crippen molar-refractivity contribution >= 4 is 38.9 Å². The van der Waals surface area contributed by atoms with Crippen molar-refractivity contribution in [2.24, 2.45) is 5.14 Å². The Balaban J connectivity index is 1.64. The summed E-state index contributed by atoms with van der Waals surface area (Å²) in [7, 11) is -3.82. The average Bonchev–Trinajstić information content (AvgIpc) is 3.44. The van der Waals surface area contributed by atoms with Crippen molar-refractivity contribution in [1.29, 1.82) is 0 Å². The summed E-state index contributed by atoms with van der Waals surface area (Å²) in [6.45, 7) is 1.97. The first-order chi connectivity index (χ1) is 17.7. The van der Waals surface area contributed by atoms with Gasteiger partial charge in [0.05, 0.1) is 27.9 Å². The second-order valence-electron chi connectivity index (χ2n) is 8.63. The van der Waals surface area contributed by atoms with Gasteiger partial charge in [-0.05, 0) is 55.7 Å². The van der Waals surface area contributed by atoms with E-state index < -0.39 is 21.8 Å². The van der Waals surface area contributed by atoms with Crippen molar-refractivity contribution in [3.8, 4) is 16.4 Å². The molecule has 0 aliphatic heterocycles. The van der Waals surface area contributed by atoms with Crippen LogP contribution in [-0.2, 0) is 21.2 Å². The molecular formula is C25H22ClFN4O4S2. The third-order valence-corrected chi connectivity index (χ3v) is 8.01. The van der Waals surface area contributed by atoms with E-state index in [1.54, 1.807) is 35.2 Å². The molecule has 0 bridgehead atoms. The van der Waals surface area contributed by atoms with Crippen LogP contribution in [0.15, 0.2) is 52.7 Å². The minimum absolute atomic E-state index is 0.0224. The van der Waals surface area contributed by atoms with Crippen molar-refractivity contribution in [2.45, 2.75) is 37.0 Å². The highest BCUT2D eigenvalue weighted by molar-refractivity contribution is 7.89. The molecule has 0 unspecified atom stereocenters. The Labute approximate surface area is 221 Å². The molecule has 1 aliphatic carbocycles. The van der Waals surface area contributed by atoms with Crippen molar-refractivity contribution in [3.05, 3.63) is 81.2 Å². The van der Waals surface area contributed by atoms with Gasteiger partial charge in [-0.3, -0.25) is 0 Å². The maximum atomic E-state index is 14.0. The van der Waals surface area contributed by atoms with Gasteiger partial charge in [0.1, 0.15) is 5.82 Å². The number of hydrogen-bond acceptors (Lipinski definition) is 7. The average molecular weight is 561 g/mol. The van der Waals surface area contributed by atoms with Crippen molar-refractivity contribution in [1.82, 2.24) is 14.8 Å². The lowest BCUT2D eigenvalue weighted by atomic mass is 9.97. The SMILES string of the molecule is CCOC(=O)c1csc(-n2nc(-c3ccc(F)c(Cl)c3)c(Cc3ccc(S(N)(=O)=O)cc3)c2C2CC2)n1. The summed E-state index contributed by atoms with van der Waals surface area (Å²) in [4.78, 5) is 16.7. The van der Waals surface area contributed by atoms with Crippen LogP contribution >= 0.6 is 22.9 Å². The third-order valence-electron chi connectivity index (χ3n) is 5.97. The molecule has 8 nitrogen and oxygen atoms in total. The predicted octanol–water partition coefficient (Wildman–Crippen LogP) is 5.08. The lowest BCUT2D eigenvalue weighted by molar-refractivity contribution is 0.0520. The maximum Gasteiger partial charge on any atom is 0.357 e. The molecule has 2 aromatic carbocycles. The Hall–Kier alpha value is -3.12. The fourth-order valence-electron chi connectivity index (χ4n) is 4.10. The van der Waals surface area contributed by atoms with E-state index in [-0.39, 0.29) is 28.1 Å². The van der Waals surface area contributed by atoms with E-state index in [1.807, 2.05) is 0 Å². The molecule has 0 atom stereocenters. The smallest absolute Gasteiger partial charge is 0.357 e. The molecule has 1 saturated carbocycles. The fourth-order valence-corrected chi connectivity index (χ4v) is 5.55. The number of aromatic nitrogens is 3. The first kappa shape index (κ1) is 25.5.